The first kappa shape index (κ1) is 17.7. The molecule has 2 aromatic rings. The Morgan fingerprint density at radius 3 is 2.38 bits per heavy atom. The van der Waals surface area contributed by atoms with E-state index in [-0.39, 0.29) is 23.8 Å². The first-order valence-electron chi connectivity index (χ1n) is 7.20. The van der Waals surface area contributed by atoms with Gasteiger partial charge in [0.25, 0.3) is 0 Å². The van der Waals surface area contributed by atoms with E-state index in [1.54, 1.807) is 24.3 Å². The number of nitrogens with one attached hydrogen (secondary N) is 2. The van der Waals surface area contributed by atoms with E-state index in [9.17, 15) is 9.90 Å². The largest absolute Gasteiger partial charge is 0.505 e. The van der Waals surface area contributed by atoms with Gasteiger partial charge in [-0.3, -0.25) is 5.32 Å². The van der Waals surface area contributed by atoms with Gasteiger partial charge in [0, 0.05) is 10.0 Å². The van der Waals surface area contributed by atoms with Gasteiger partial charge in [0.15, 0.2) is 0 Å². The van der Waals surface area contributed by atoms with Crippen molar-refractivity contribution in [3.8, 4) is 0 Å². The number of allylic oxidation sites excluding steroid dienone is 1. The molecule has 2 rings (SSSR count). The van der Waals surface area contributed by atoms with Gasteiger partial charge in [-0.05, 0) is 24.6 Å². The lowest BCUT2D eigenvalue weighted by atomic mass is 10.1. The van der Waals surface area contributed by atoms with Crippen molar-refractivity contribution in [3.63, 3.8) is 0 Å². The monoisotopic (exact) mass is 388 g/mol. The van der Waals surface area contributed by atoms with Crippen LogP contribution in [0.25, 0.3) is 5.76 Å². The number of carbonyl (C=O) groups is 1. The molecule has 3 N–H and O–H groups in total. The number of aliphatic hydroxyl groups is 1. The molecule has 0 aliphatic rings. The second-order valence-corrected chi connectivity index (χ2v) is 5.96. The molecule has 0 unspecified atom stereocenters. The minimum absolute atomic E-state index is 0.00961. The van der Waals surface area contributed by atoms with Crippen molar-refractivity contribution >= 4 is 33.5 Å². The van der Waals surface area contributed by atoms with Crippen LogP contribution in [-0.2, 0) is 11.3 Å². The Morgan fingerprint density at radius 2 is 1.79 bits per heavy atom. The lowest BCUT2D eigenvalue weighted by Gasteiger charge is -2.12. The van der Waals surface area contributed by atoms with Crippen molar-refractivity contribution in [2.45, 2.75) is 13.5 Å². The highest BCUT2D eigenvalue weighted by molar-refractivity contribution is 9.10. The molecule has 0 atom stereocenters. The maximum Gasteiger partial charge on any atom is 0.412 e. The van der Waals surface area contributed by atoms with E-state index >= 15 is 0 Å². The van der Waals surface area contributed by atoms with Gasteiger partial charge >= 0.3 is 6.09 Å². The summed E-state index contributed by atoms with van der Waals surface area (Å²) in [6.07, 6.45) is -0.732. The number of amides is 1. The van der Waals surface area contributed by atoms with Crippen LogP contribution < -0.4 is 5.32 Å². The molecule has 0 bridgehead atoms. The van der Waals surface area contributed by atoms with Crippen LogP contribution in [-0.4, -0.2) is 16.9 Å². The number of halogens is 1. The van der Waals surface area contributed by atoms with Crippen molar-refractivity contribution in [3.05, 3.63) is 75.9 Å². The van der Waals surface area contributed by atoms with Crippen molar-refractivity contribution < 1.29 is 14.6 Å². The Hall–Kier alpha value is -2.60. The normalized spacial score (nSPS) is 11.4. The lowest BCUT2D eigenvalue weighted by molar-refractivity contribution is 0.143. The molecule has 0 radical (unpaired) electrons. The highest BCUT2D eigenvalue weighted by Crippen LogP contribution is 2.18. The average molecular weight is 389 g/mol. The number of hydrogen-bond acceptors (Lipinski definition) is 4. The highest BCUT2D eigenvalue weighted by atomic mass is 79.9. The first-order valence-corrected chi connectivity index (χ1v) is 7.99. The molecule has 0 aliphatic heterocycles. The van der Waals surface area contributed by atoms with Crippen LogP contribution in [0.3, 0.4) is 0 Å². The van der Waals surface area contributed by atoms with Crippen LogP contribution in [0.5, 0.6) is 0 Å². The zero-order chi connectivity index (χ0) is 17.5. The fourth-order valence-corrected chi connectivity index (χ4v) is 2.21. The predicted octanol–water partition coefficient (Wildman–Crippen LogP) is 4.64. The second kappa shape index (κ2) is 8.31. The summed E-state index contributed by atoms with van der Waals surface area (Å²) in [5, 5.41) is 20.5. The molecule has 124 valence electrons. The van der Waals surface area contributed by atoms with Crippen LogP contribution in [0, 0.1) is 5.41 Å². The van der Waals surface area contributed by atoms with E-state index in [0.717, 1.165) is 10.0 Å². The van der Waals surface area contributed by atoms with Crippen LogP contribution >= 0.6 is 15.9 Å². The zero-order valence-electron chi connectivity index (χ0n) is 13.0. The van der Waals surface area contributed by atoms with E-state index in [1.165, 1.54) is 6.92 Å². The van der Waals surface area contributed by atoms with Gasteiger partial charge in [-0.1, -0.05) is 58.4 Å². The van der Waals surface area contributed by atoms with E-state index in [4.69, 9.17) is 10.1 Å². The molecule has 2 aromatic carbocycles. The Balaban J connectivity index is 2.10. The molecule has 0 heterocycles. The third-order valence-electron chi connectivity index (χ3n) is 3.17. The smallest absolute Gasteiger partial charge is 0.412 e. The summed E-state index contributed by atoms with van der Waals surface area (Å²) >= 11 is 3.31. The summed E-state index contributed by atoms with van der Waals surface area (Å²) in [7, 11) is 0. The quantitative estimate of drug-likeness (QED) is 0.515. The molecule has 0 aromatic heterocycles. The summed E-state index contributed by atoms with van der Waals surface area (Å²) in [4.78, 5) is 11.9. The molecule has 0 aliphatic carbocycles. The van der Waals surface area contributed by atoms with Crippen LogP contribution in [0.15, 0.2) is 64.8 Å². The molecule has 0 fully saturated rings. The summed E-state index contributed by atoms with van der Waals surface area (Å²) in [6.45, 7) is 1.58. The number of rotatable bonds is 5. The molecule has 0 saturated carbocycles. The number of ether oxygens (including phenoxy) is 1. The molecule has 1 amide bonds. The van der Waals surface area contributed by atoms with E-state index in [0.29, 0.717) is 5.56 Å². The third-order valence-corrected chi connectivity index (χ3v) is 3.70. The van der Waals surface area contributed by atoms with Gasteiger partial charge in [0.2, 0.25) is 0 Å². The number of hydrogen-bond donors (Lipinski definition) is 3. The molecule has 24 heavy (non-hydrogen) atoms. The van der Waals surface area contributed by atoms with Crippen LogP contribution in [0.1, 0.15) is 18.1 Å². The topological polar surface area (TPSA) is 82.4 Å². The Labute approximate surface area is 148 Å². The van der Waals surface area contributed by atoms with Gasteiger partial charge in [0.1, 0.15) is 18.1 Å². The minimum atomic E-state index is -0.732. The first-order chi connectivity index (χ1) is 11.5. The number of alkyl carbamates (subject to hydrolysis) is 1. The van der Waals surface area contributed by atoms with Crippen molar-refractivity contribution in [2.75, 3.05) is 0 Å². The van der Waals surface area contributed by atoms with Crippen molar-refractivity contribution in [1.29, 1.82) is 5.41 Å². The molecule has 6 heteroatoms. The predicted molar refractivity (Wildman–Crippen MR) is 96.9 cm³/mol. The van der Waals surface area contributed by atoms with Gasteiger partial charge in [-0.15, -0.1) is 0 Å². The second-order valence-electron chi connectivity index (χ2n) is 5.04. The fourth-order valence-electron chi connectivity index (χ4n) is 1.94. The van der Waals surface area contributed by atoms with Crippen molar-refractivity contribution in [1.82, 2.24) is 5.32 Å². The van der Waals surface area contributed by atoms with Crippen LogP contribution in [0.4, 0.5) is 4.79 Å². The third kappa shape index (κ3) is 4.96. The Morgan fingerprint density at radius 1 is 1.17 bits per heavy atom. The average Bonchev–Trinajstić information content (AvgIpc) is 2.58. The summed E-state index contributed by atoms with van der Waals surface area (Å²) < 4.78 is 5.98. The Kier molecular flexibility index (Phi) is 6.14. The maximum atomic E-state index is 11.9. The molecular formula is C18H17BrN2O3. The van der Waals surface area contributed by atoms with E-state index < -0.39 is 6.09 Å². The minimum Gasteiger partial charge on any atom is -0.505 e. The fraction of sp³-hybridized carbons (Fsp3) is 0.111. The number of aliphatic hydroxyl groups excluding tert-OH is 1. The summed E-state index contributed by atoms with van der Waals surface area (Å²) in [6, 6.07) is 16.1. The lowest BCUT2D eigenvalue weighted by Crippen LogP contribution is -2.28. The van der Waals surface area contributed by atoms with Gasteiger partial charge < -0.3 is 15.3 Å². The van der Waals surface area contributed by atoms with Crippen molar-refractivity contribution in [2.24, 2.45) is 0 Å². The van der Waals surface area contributed by atoms with Gasteiger partial charge in [-0.25, -0.2) is 4.79 Å². The molecular weight excluding hydrogens is 372 g/mol. The van der Waals surface area contributed by atoms with Crippen LogP contribution in [0.2, 0.25) is 0 Å². The molecule has 5 nitrogen and oxygen atoms in total. The number of benzene rings is 2. The summed E-state index contributed by atoms with van der Waals surface area (Å²) in [5.41, 5.74) is 1.37. The maximum absolute atomic E-state index is 11.9. The molecule has 0 saturated heterocycles. The van der Waals surface area contributed by atoms with E-state index in [2.05, 4.69) is 21.2 Å². The molecule has 0 spiro atoms. The van der Waals surface area contributed by atoms with Gasteiger partial charge in [0.05, 0.1) is 5.71 Å². The highest BCUT2D eigenvalue weighted by Gasteiger charge is 2.14. The number of carbonyl (C=O) groups excluding carboxylic acids is 1. The van der Waals surface area contributed by atoms with Gasteiger partial charge in [-0.2, -0.15) is 0 Å². The SMILES string of the molecule is CC(=N)/C(NC(=O)OCc1ccccc1)=C(\O)c1ccc(Br)cc1. The standard InChI is InChI=1S/C18H17BrN2O3/c1-12(20)16(17(22)14-7-9-15(19)10-8-14)21-18(23)24-11-13-5-3-2-4-6-13/h2-10,20,22H,11H2,1H3,(H,21,23)/b17-16+,20-12?. The zero-order valence-corrected chi connectivity index (χ0v) is 14.6. The summed E-state index contributed by atoms with van der Waals surface area (Å²) in [5.74, 6) is -0.188. The Bertz CT molecular complexity index is 756. The van der Waals surface area contributed by atoms with E-state index in [1.807, 2.05) is 30.3 Å².